The molecular formula is C14H24N2O4. The van der Waals surface area contributed by atoms with E-state index in [4.69, 9.17) is 0 Å². The van der Waals surface area contributed by atoms with E-state index in [1.54, 1.807) is 0 Å². The molecule has 0 aromatic heterocycles. The van der Waals surface area contributed by atoms with Crippen molar-refractivity contribution in [2.24, 2.45) is 0 Å². The largest absolute Gasteiger partial charge is 0.545 e. The number of hydrogen-bond acceptors (Lipinski definition) is 4. The fraction of sp³-hybridized carbons (Fsp3) is 0.429. The Morgan fingerprint density at radius 1 is 0.800 bits per heavy atom. The number of carbonyl (C=O) groups excluding carboxylic acids is 2. The Kier molecular flexibility index (Phi) is 11.2. The van der Waals surface area contributed by atoms with E-state index in [0.29, 0.717) is 12.1 Å². The summed E-state index contributed by atoms with van der Waals surface area (Å²) < 4.78 is 0. The van der Waals surface area contributed by atoms with Gasteiger partial charge < -0.3 is 31.3 Å². The van der Waals surface area contributed by atoms with Crippen LogP contribution in [0.15, 0.2) is 24.3 Å². The zero-order valence-electron chi connectivity index (χ0n) is 12.5. The number of aromatic carboxylic acids is 2. The third-order valence-electron chi connectivity index (χ3n) is 1.36. The van der Waals surface area contributed by atoms with E-state index in [1.807, 2.05) is 0 Å². The molecule has 0 bridgehead atoms. The van der Waals surface area contributed by atoms with Crippen molar-refractivity contribution < 1.29 is 31.3 Å². The van der Waals surface area contributed by atoms with Crippen LogP contribution in [0.5, 0.6) is 0 Å². The summed E-state index contributed by atoms with van der Waals surface area (Å²) in [6.45, 7) is 8.22. The zero-order chi connectivity index (χ0) is 16.3. The number of carboxylic acid groups (broad SMARTS) is 2. The molecule has 0 amide bonds. The van der Waals surface area contributed by atoms with Gasteiger partial charge in [-0.2, -0.15) is 0 Å². The second kappa shape index (κ2) is 11.0. The summed E-state index contributed by atoms with van der Waals surface area (Å²) >= 11 is 0. The predicted octanol–water partition coefficient (Wildman–Crippen LogP) is -2.31. The van der Waals surface area contributed by atoms with Gasteiger partial charge in [-0.05, 0) is 38.8 Å². The second-order valence-electron chi connectivity index (χ2n) is 4.94. The standard InChI is InChI=1S/C8H6O4.2C3H9N/c9-7(10)5-1-2-6(4-3-5)8(11)12;2*1-3(2)4/h1-4H,(H,9,10)(H,11,12);2*3H,4H2,1-2H3. The molecule has 20 heavy (non-hydrogen) atoms. The summed E-state index contributed by atoms with van der Waals surface area (Å²) in [4.78, 5) is 20.4. The topological polar surface area (TPSA) is 136 Å². The van der Waals surface area contributed by atoms with E-state index < -0.39 is 11.9 Å². The molecule has 0 spiro atoms. The summed E-state index contributed by atoms with van der Waals surface area (Å²) in [5.41, 5.74) is 7.17. The van der Waals surface area contributed by atoms with Gasteiger partial charge in [0.05, 0.1) is 24.0 Å². The predicted molar refractivity (Wildman–Crippen MR) is 71.2 cm³/mol. The third-order valence-corrected chi connectivity index (χ3v) is 1.36. The first-order valence-corrected chi connectivity index (χ1v) is 6.26. The van der Waals surface area contributed by atoms with Gasteiger partial charge in [0.1, 0.15) is 0 Å². The van der Waals surface area contributed by atoms with Crippen molar-refractivity contribution in [3.63, 3.8) is 0 Å². The van der Waals surface area contributed by atoms with Crippen molar-refractivity contribution in [1.29, 1.82) is 0 Å². The van der Waals surface area contributed by atoms with Crippen LogP contribution in [0.2, 0.25) is 0 Å². The molecule has 114 valence electrons. The maximum Gasteiger partial charge on any atom is 0.0786 e. The first kappa shape index (κ1) is 20.4. The van der Waals surface area contributed by atoms with Crippen LogP contribution in [0.25, 0.3) is 0 Å². The molecule has 6 nitrogen and oxygen atoms in total. The molecule has 0 heterocycles. The molecule has 0 fully saturated rings. The van der Waals surface area contributed by atoms with Crippen LogP contribution >= 0.6 is 0 Å². The van der Waals surface area contributed by atoms with E-state index in [9.17, 15) is 19.8 Å². The Balaban J connectivity index is 0. The zero-order valence-corrected chi connectivity index (χ0v) is 12.5. The van der Waals surface area contributed by atoms with Gasteiger partial charge in [0.25, 0.3) is 0 Å². The molecule has 0 saturated carbocycles. The van der Waals surface area contributed by atoms with E-state index in [0.717, 1.165) is 24.3 Å². The minimum absolute atomic E-state index is 0.0556. The molecule has 6 N–H and O–H groups in total. The molecular weight excluding hydrogens is 260 g/mol. The second-order valence-corrected chi connectivity index (χ2v) is 4.94. The average molecular weight is 284 g/mol. The van der Waals surface area contributed by atoms with Crippen molar-refractivity contribution in [3.8, 4) is 0 Å². The number of carbonyl (C=O) groups is 2. The highest BCUT2D eigenvalue weighted by atomic mass is 16.4. The van der Waals surface area contributed by atoms with Crippen molar-refractivity contribution >= 4 is 11.9 Å². The normalized spacial score (nSPS) is 9.20. The van der Waals surface area contributed by atoms with Crippen LogP contribution in [0.1, 0.15) is 48.4 Å². The van der Waals surface area contributed by atoms with E-state index >= 15 is 0 Å². The van der Waals surface area contributed by atoms with Crippen LogP contribution < -0.4 is 21.7 Å². The summed E-state index contributed by atoms with van der Waals surface area (Å²) in [6, 6.07) is 5.78. The Morgan fingerprint density at radius 2 is 0.950 bits per heavy atom. The SMILES string of the molecule is CC(C)[NH3+].CC(C)[NH3+].O=C([O-])c1ccc(C(=O)[O-])cc1. The molecule has 0 saturated heterocycles. The molecule has 0 unspecified atom stereocenters. The van der Waals surface area contributed by atoms with Crippen molar-refractivity contribution in [1.82, 2.24) is 0 Å². The van der Waals surface area contributed by atoms with Crippen molar-refractivity contribution in [2.75, 3.05) is 0 Å². The molecule has 1 aromatic rings. The smallest absolute Gasteiger partial charge is 0.0786 e. The Labute approximate surface area is 119 Å². The lowest BCUT2D eigenvalue weighted by atomic mass is 10.1. The fourth-order valence-corrected chi connectivity index (χ4v) is 0.742. The van der Waals surface area contributed by atoms with Crippen LogP contribution in [0, 0.1) is 0 Å². The Morgan fingerprint density at radius 3 is 1.05 bits per heavy atom. The average Bonchev–Trinajstić information content (AvgIpc) is 2.27. The minimum atomic E-state index is -1.33. The number of benzene rings is 1. The van der Waals surface area contributed by atoms with E-state index in [1.165, 1.54) is 0 Å². The molecule has 1 rings (SSSR count). The van der Waals surface area contributed by atoms with Crippen LogP contribution in [-0.2, 0) is 0 Å². The minimum Gasteiger partial charge on any atom is -0.545 e. The number of hydrogen-bond donors (Lipinski definition) is 2. The van der Waals surface area contributed by atoms with E-state index in [2.05, 4.69) is 39.2 Å². The number of carboxylic acids is 2. The summed E-state index contributed by atoms with van der Waals surface area (Å²) in [5, 5.41) is 20.4. The number of rotatable bonds is 2. The van der Waals surface area contributed by atoms with Crippen molar-refractivity contribution in [2.45, 2.75) is 39.8 Å². The Bertz CT molecular complexity index is 356. The van der Waals surface area contributed by atoms with Crippen LogP contribution in [-0.4, -0.2) is 24.0 Å². The molecule has 0 aliphatic carbocycles. The third kappa shape index (κ3) is 14.1. The van der Waals surface area contributed by atoms with Gasteiger partial charge >= 0.3 is 0 Å². The van der Waals surface area contributed by atoms with Gasteiger partial charge in [-0.25, -0.2) is 0 Å². The van der Waals surface area contributed by atoms with Gasteiger partial charge in [-0.3, -0.25) is 0 Å². The van der Waals surface area contributed by atoms with Gasteiger partial charge in [-0.1, -0.05) is 24.3 Å². The lowest BCUT2D eigenvalue weighted by molar-refractivity contribution is -0.408. The first-order chi connectivity index (χ1) is 9.07. The monoisotopic (exact) mass is 284 g/mol. The van der Waals surface area contributed by atoms with Gasteiger partial charge in [0.15, 0.2) is 0 Å². The lowest BCUT2D eigenvalue weighted by Gasteiger charge is -2.04. The molecule has 6 heteroatoms. The Hall–Kier alpha value is -1.92. The molecule has 0 aliphatic heterocycles. The van der Waals surface area contributed by atoms with E-state index in [-0.39, 0.29) is 11.1 Å². The molecule has 0 radical (unpaired) electrons. The highest BCUT2D eigenvalue weighted by molar-refractivity contribution is 5.89. The molecule has 0 atom stereocenters. The quantitative estimate of drug-likeness (QED) is 0.630. The summed E-state index contributed by atoms with van der Waals surface area (Å²) in [5.74, 6) is -2.67. The van der Waals surface area contributed by atoms with Gasteiger partial charge in [0.2, 0.25) is 0 Å². The highest BCUT2D eigenvalue weighted by Crippen LogP contribution is 2.01. The van der Waals surface area contributed by atoms with Gasteiger partial charge in [0, 0.05) is 0 Å². The fourth-order valence-electron chi connectivity index (χ4n) is 0.742. The van der Waals surface area contributed by atoms with Crippen LogP contribution in [0.4, 0.5) is 0 Å². The molecule has 1 aromatic carbocycles. The maximum absolute atomic E-state index is 10.2. The summed E-state index contributed by atoms with van der Waals surface area (Å²) in [7, 11) is 0. The number of quaternary nitrogens is 2. The lowest BCUT2D eigenvalue weighted by Crippen LogP contribution is -2.57. The van der Waals surface area contributed by atoms with Gasteiger partial charge in [-0.15, -0.1) is 0 Å². The highest BCUT2D eigenvalue weighted by Gasteiger charge is 1.94. The van der Waals surface area contributed by atoms with Crippen molar-refractivity contribution in [3.05, 3.63) is 35.4 Å². The summed E-state index contributed by atoms with van der Waals surface area (Å²) in [6.07, 6.45) is 0. The molecule has 0 aliphatic rings. The first-order valence-electron chi connectivity index (χ1n) is 6.26. The van der Waals surface area contributed by atoms with Crippen LogP contribution in [0.3, 0.4) is 0 Å². The maximum atomic E-state index is 10.2.